The first kappa shape index (κ1) is 12.4. The largest absolute Gasteiger partial charge is 0.381 e. The second kappa shape index (κ2) is 5.52. The van der Waals surface area contributed by atoms with Crippen molar-refractivity contribution in [1.29, 1.82) is 0 Å². The fourth-order valence-corrected chi connectivity index (χ4v) is 3.57. The van der Waals surface area contributed by atoms with Crippen molar-refractivity contribution in [2.75, 3.05) is 37.8 Å². The van der Waals surface area contributed by atoms with E-state index in [0.29, 0.717) is 6.04 Å². The highest BCUT2D eigenvalue weighted by molar-refractivity contribution is 7.99. The number of thioether (sulfide) groups is 1. The van der Waals surface area contributed by atoms with Crippen LogP contribution in [0.2, 0.25) is 0 Å². The van der Waals surface area contributed by atoms with Gasteiger partial charge in [-0.3, -0.25) is 4.90 Å². The molecule has 0 amide bonds. The molecule has 0 N–H and O–H groups in total. The van der Waals surface area contributed by atoms with Crippen LogP contribution in [0.3, 0.4) is 0 Å². The van der Waals surface area contributed by atoms with E-state index < -0.39 is 0 Å². The molecule has 0 aliphatic carbocycles. The number of carbonyl (C=O) groups is 1. The van der Waals surface area contributed by atoms with Crippen LogP contribution in [0.15, 0.2) is 0 Å². The number of hydrogen-bond acceptors (Lipinski definition) is 4. The zero-order chi connectivity index (χ0) is 11.4. The van der Waals surface area contributed by atoms with Gasteiger partial charge in [-0.2, -0.15) is 11.8 Å². The molecule has 2 fully saturated rings. The van der Waals surface area contributed by atoms with Gasteiger partial charge in [0.05, 0.1) is 0 Å². The SMILES string of the molecule is CC1CSCCN1CC1(C=O)CCOCC1. The van der Waals surface area contributed by atoms with Crippen LogP contribution in [0.5, 0.6) is 0 Å². The molecule has 3 nitrogen and oxygen atoms in total. The molecule has 16 heavy (non-hydrogen) atoms. The lowest BCUT2D eigenvalue weighted by Crippen LogP contribution is -2.49. The van der Waals surface area contributed by atoms with Gasteiger partial charge in [0.25, 0.3) is 0 Å². The topological polar surface area (TPSA) is 29.5 Å². The third kappa shape index (κ3) is 2.79. The molecule has 2 heterocycles. The summed E-state index contributed by atoms with van der Waals surface area (Å²) < 4.78 is 5.36. The molecule has 2 aliphatic heterocycles. The minimum atomic E-state index is -0.130. The van der Waals surface area contributed by atoms with Gasteiger partial charge in [-0.15, -0.1) is 0 Å². The van der Waals surface area contributed by atoms with Crippen molar-refractivity contribution < 1.29 is 9.53 Å². The molecular formula is C12H21NO2S. The van der Waals surface area contributed by atoms with Gasteiger partial charge in [-0.25, -0.2) is 0 Å². The lowest BCUT2D eigenvalue weighted by molar-refractivity contribution is -0.123. The predicted octanol–water partition coefficient (Wildman–Crippen LogP) is 1.42. The van der Waals surface area contributed by atoms with Crippen molar-refractivity contribution in [3.8, 4) is 0 Å². The molecule has 0 radical (unpaired) electrons. The molecule has 0 bridgehead atoms. The lowest BCUT2D eigenvalue weighted by Gasteiger charge is -2.41. The summed E-state index contributed by atoms with van der Waals surface area (Å²) in [5, 5.41) is 0. The van der Waals surface area contributed by atoms with Crippen LogP contribution in [-0.2, 0) is 9.53 Å². The van der Waals surface area contributed by atoms with E-state index in [9.17, 15) is 4.79 Å². The van der Waals surface area contributed by atoms with Crippen LogP contribution in [0.25, 0.3) is 0 Å². The normalized spacial score (nSPS) is 31.2. The number of carbonyl (C=O) groups excluding carboxylic acids is 1. The highest BCUT2D eigenvalue weighted by Crippen LogP contribution is 2.31. The zero-order valence-electron chi connectivity index (χ0n) is 9.98. The summed E-state index contributed by atoms with van der Waals surface area (Å²) in [6.45, 7) is 5.82. The summed E-state index contributed by atoms with van der Waals surface area (Å²) in [5.41, 5.74) is -0.130. The first-order chi connectivity index (χ1) is 7.76. The highest BCUT2D eigenvalue weighted by Gasteiger charge is 2.35. The Hall–Kier alpha value is -0.0600. The van der Waals surface area contributed by atoms with Gasteiger partial charge in [0.15, 0.2) is 0 Å². The average molecular weight is 243 g/mol. The quantitative estimate of drug-likeness (QED) is 0.701. The first-order valence-electron chi connectivity index (χ1n) is 6.12. The Morgan fingerprint density at radius 1 is 1.50 bits per heavy atom. The van der Waals surface area contributed by atoms with Crippen LogP contribution in [0.1, 0.15) is 19.8 Å². The maximum Gasteiger partial charge on any atom is 0.127 e. The van der Waals surface area contributed by atoms with E-state index in [2.05, 4.69) is 11.8 Å². The van der Waals surface area contributed by atoms with Gasteiger partial charge in [0.2, 0.25) is 0 Å². The summed E-state index contributed by atoms with van der Waals surface area (Å²) in [4.78, 5) is 13.9. The van der Waals surface area contributed by atoms with E-state index in [1.165, 1.54) is 17.8 Å². The van der Waals surface area contributed by atoms with E-state index in [4.69, 9.17) is 4.74 Å². The van der Waals surface area contributed by atoms with Crippen LogP contribution >= 0.6 is 11.8 Å². The Morgan fingerprint density at radius 3 is 2.88 bits per heavy atom. The van der Waals surface area contributed by atoms with Crippen molar-refractivity contribution in [3.05, 3.63) is 0 Å². The summed E-state index contributed by atoms with van der Waals surface area (Å²) >= 11 is 2.02. The molecule has 0 aromatic carbocycles. The molecule has 4 heteroatoms. The van der Waals surface area contributed by atoms with Crippen LogP contribution in [0, 0.1) is 5.41 Å². The Morgan fingerprint density at radius 2 is 2.25 bits per heavy atom. The zero-order valence-corrected chi connectivity index (χ0v) is 10.8. The summed E-state index contributed by atoms with van der Waals surface area (Å²) in [7, 11) is 0. The molecule has 1 unspecified atom stereocenters. The second-order valence-corrected chi connectivity index (χ2v) is 6.14. The molecule has 0 aromatic heterocycles. The Balaban J connectivity index is 1.96. The van der Waals surface area contributed by atoms with Crippen molar-refractivity contribution in [2.45, 2.75) is 25.8 Å². The number of nitrogens with zero attached hydrogens (tertiary/aromatic N) is 1. The van der Waals surface area contributed by atoms with Crippen molar-refractivity contribution in [2.24, 2.45) is 5.41 Å². The van der Waals surface area contributed by atoms with E-state index in [1.54, 1.807) is 0 Å². The number of hydrogen-bond donors (Lipinski definition) is 0. The fourth-order valence-electron chi connectivity index (χ4n) is 2.49. The Kier molecular flexibility index (Phi) is 4.27. The Bertz CT molecular complexity index is 241. The lowest BCUT2D eigenvalue weighted by atomic mass is 9.81. The maximum atomic E-state index is 11.4. The standard InChI is InChI=1S/C12H21NO2S/c1-11-8-16-7-4-13(11)9-12(10-14)2-5-15-6-3-12/h10-11H,2-9H2,1H3. The average Bonchev–Trinajstić information content (AvgIpc) is 2.33. The third-order valence-corrected chi connectivity index (χ3v) is 4.95. The molecule has 0 aromatic rings. The molecule has 2 saturated heterocycles. The number of rotatable bonds is 3. The van der Waals surface area contributed by atoms with E-state index in [0.717, 1.165) is 39.1 Å². The van der Waals surface area contributed by atoms with Crippen LogP contribution in [0.4, 0.5) is 0 Å². The molecule has 2 rings (SSSR count). The monoisotopic (exact) mass is 243 g/mol. The van der Waals surface area contributed by atoms with Gasteiger partial charge in [0.1, 0.15) is 6.29 Å². The van der Waals surface area contributed by atoms with E-state index >= 15 is 0 Å². The van der Waals surface area contributed by atoms with Crippen molar-refractivity contribution >= 4 is 18.0 Å². The summed E-state index contributed by atoms with van der Waals surface area (Å²) in [6.07, 6.45) is 2.98. The smallest absolute Gasteiger partial charge is 0.127 e. The second-order valence-electron chi connectivity index (χ2n) is 4.99. The fraction of sp³-hybridized carbons (Fsp3) is 0.917. The molecular weight excluding hydrogens is 222 g/mol. The summed E-state index contributed by atoms with van der Waals surface area (Å²) in [6, 6.07) is 0.610. The van der Waals surface area contributed by atoms with Gasteiger partial charge >= 0.3 is 0 Å². The van der Waals surface area contributed by atoms with E-state index in [1.807, 2.05) is 11.8 Å². The third-order valence-electron chi connectivity index (χ3n) is 3.76. The highest BCUT2D eigenvalue weighted by atomic mass is 32.2. The summed E-state index contributed by atoms with van der Waals surface area (Å²) in [5.74, 6) is 2.40. The first-order valence-corrected chi connectivity index (χ1v) is 7.27. The molecule has 2 aliphatic rings. The predicted molar refractivity (Wildman–Crippen MR) is 66.9 cm³/mol. The van der Waals surface area contributed by atoms with Crippen LogP contribution in [-0.4, -0.2) is 55.0 Å². The number of aldehydes is 1. The Labute approximate surface area is 102 Å². The molecule has 1 atom stereocenters. The van der Waals surface area contributed by atoms with Gasteiger partial charge in [0, 0.05) is 49.3 Å². The van der Waals surface area contributed by atoms with E-state index in [-0.39, 0.29) is 5.41 Å². The number of ether oxygens (including phenoxy) is 1. The molecule has 0 spiro atoms. The van der Waals surface area contributed by atoms with Gasteiger partial charge in [-0.05, 0) is 19.8 Å². The van der Waals surface area contributed by atoms with Gasteiger partial charge in [-0.1, -0.05) is 0 Å². The van der Waals surface area contributed by atoms with Crippen molar-refractivity contribution in [3.63, 3.8) is 0 Å². The maximum absolute atomic E-state index is 11.4. The van der Waals surface area contributed by atoms with Gasteiger partial charge < -0.3 is 9.53 Å². The molecule has 0 saturated carbocycles. The van der Waals surface area contributed by atoms with Crippen LogP contribution < -0.4 is 0 Å². The minimum Gasteiger partial charge on any atom is -0.381 e. The van der Waals surface area contributed by atoms with Crippen molar-refractivity contribution in [1.82, 2.24) is 4.90 Å². The molecule has 92 valence electrons. The minimum absolute atomic E-state index is 0.130.